The molecule has 0 spiro atoms. The number of halogens is 3. The monoisotopic (exact) mass is 332 g/mol. The zero-order valence-corrected chi connectivity index (χ0v) is 12.8. The minimum absolute atomic E-state index is 0.0613. The molecule has 7 heteroatoms. The van der Waals surface area contributed by atoms with E-state index >= 15 is 0 Å². The van der Waals surface area contributed by atoms with Crippen LogP contribution >= 0.6 is 0 Å². The Morgan fingerprint density at radius 3 is 1.91 bits per heavy atom. The van der Waals surface area contributed by atoms with Crippen molar-refractivity contribution in [3.05, 3.63) is 35.4 Å². The van der Waals surface area contributed by atoms with Crippen LogP contribution in [0.15, 0.2) is 24.3 Å². The maximum atomic E-state index is 12.0. The summed E-state index contributed by atoms with van der Waals surface area (Å²) in [6.45, 7) is 0.745. The molecule has 128 valence electrons. The van der Waals surface area contributed by atoms with Crippen molar-refractivity contribution in [1.82, 2.24) is 0 Å². The number of carbonyl (C=O) groups excluding carboxylic acids is 2. The Kier molecular flexibility index (Phi) is 7.57. The number of hydrogen-bond donors (Lipinski definition) is 0. The Balaban J connectivity index is 2.46. The second-order valence-electron chi connectivity index (χ2n) is 4.97. The van der Waals surface area contributed by atoms with Crippen LogP contribution in [-0.4, -0.2) is 31.3 Å². The summed E-state index contributed by atoms with van der Waals surface area (Å²) in [5, 5.41) is 0. The van der Waals surface area contributed by atoms with Crippen LogP contribution in [0.2, 0.25) is 0 Å². The first-order chi connectivity index (χ1) is 10.8. The number of ether oxygens (including phenoxy) is 2. The van der Waals surface area contributed by atoms with Gasteiger partial charge in [0.25, 0.3) is 0 Å². The fraction of sp³-hybridized carbons (Fsp3) is 0.500. The zero-order valence-electron chi connectivity index (χ0n) is 12.8. The summed E-state index contributed by atoms with van der Waals surface area (Å²) in [6.07, 6.45) is -0.654. The first-order valence-electron chi connectivity index (χ1n) is 7.34. The summed E-state index contributed by atoms with van der Waals surface area (Å²) >= 11 is 0. The van der Waals surface area contributed by atoms with Crippen LogP contribution in [0.4, 0.5) is 13.2 Å². The number of benzene rings is 1. The van der Waals surface area contributed by atoms with Gasteiger partial charge in [-0.1, -0.05) is 26.2 Å². The molecule has 0 aliphatic heterocycles. The molecule has 0 saturated heterocycles. The first kappa shape index (κ1) is 19.0. The number of esters is 2. The number of unbranched alkanes of at least 4 members (excludes halogenated alkanes) is 3. The molecule has 23 heavy (non-hydrogen) atoms. The van der Waals surface area contributed by atoms with Crippen LogP contribution < -0.4 is 0 Å². The summed E-state index contributed by atoms with van der Waals surface area (Å²) in [6, 6.07) is 5.09. The van der Waals surface area contributed by atoms with Gasteiger partial charge in [0.05, 0.1) is 17.7 Å². The van der Waals surface area contributed by atoms with Crippen molar-refractivity contribution in [3.8, 4) is 0 Å². The lowest BCUT2D eigenvalue weighted by Crippen LogP contribution is -2.20. The zero-order chi connectivity index (χ0) is 17.3. The highest BCUT2D eigenvalue weighted by molar-refractivity contribution is 5.93. The van der Waals surface area contributed by atoms with Gasteiger partial charge < -0.3 is 9.47 Å². The molecule has 1 aromatic rings. The molecule has 0 bridgehead atoms. The molecule has 0 aromatic heterocycles. The Bertz CT molecular complexity index is 509. The van der Waals surface area contributed by atoms with E-state index in [1.165, 1.54) is 24.3 Å². The molecule has 1 aromatic carbocycles. The van der Waals surface area contributed by atoms with Gasteiger partial charge in [0.15, 0.2) is 6.61 Å². The van der Waals surface area contributed by atoms with E-state index in [1.807, 2.05) is 0 Å². The van der Waals surface area contributed by atoms with Crippen molar-refractivity contribution in [2.75, 3.05) is 13.2 Å². The summed E-state index contributed by atoms with van der Waals surface area (Å²) in [7, 11) is 0. The molecule has 0 aliphatic rings. The Morgan fingerprint density at radius 1 is 0.913 bits per heavy atom. The summed E-state index contributed by atoms with van der Waals surface area (Å²) in [5.74, 6) is -1.63. The van der Waals surface area contributed by atoms with Crippen LogP contribution in [-0.2, 0) is 9.47 Å². The van der Waals surface area contributed by atoms with Gasteiger partial charge in [0.1, 0.15) is 0 Å². The van der Waals surface area contributed by atoms with E-state index < -0.39 is 24.7 Å². The first-order valence-corrected chi connectivity index (χ1v) is 7.34. The fourth-order valence-corrected chi connectivity index (χ4v) is 1.75. The fourth-order valence-electron chi connectivity index (χ4n) is 1.75. The third kappa shape index (κ3) is 7.67. The molecule has 0 N–H and O–H groups in total. The van der Waals surface area contributed by atoms with Crippen LogP contribution in [0, 0.1) is 0 Å². The molecule has 0 radical (unpaired) electrons. The molecule has 0 amide bonds. The maximum absolute atomic E-state index is 12.0. The quantitative estimate of drug-likeness (QED) is 0.530. The summed E-state index contributed by atoms with van der Waals surface area (Å²) < 4.78 is 45.1. The number of rotatable bonds is 8. The molecule has 4 nitrogen and oxygen atoms in total. The highest BCUT2D eigenvalue weighted by Crippen LogP contribution is 2.16. The van der Waals surface area contributed by atoms with Crippen LogP contribution in [0.5, 0.6) is 0 Å². The van der Waals surface area contributed by atoms with Crippen molar-refractivity contribution in [1.29, 1.82) is 0 Å². The van der Waals surface area contributed by atoms with Crippen molar-refractivity contribution >= 4 is 11.9 Å². The van der Waals surface area contributed by atoms with Gasteiger partial charge in [-0.3, -0.25) is 0 Å². The summed E-state index contributed by atoms with van der Waals surface area (Å²) in [4.78, 5) is 23.1. The third-order valence-electron chi connectivity index (χ3n) is 2.95. The molecule has 0 unspecified atom stereocenters. The van der Waals surface area contributed by atoms with Crippen molar-refractivity contribution in [2.45, 2.75) is 38.8 Å². The molecular weight excluding hydrogens is 313 g/mol. The third-order valence-corrected chi connectivity index (χ3v) is 2.95. The highest BCUT2D eigenvalue weighted by Gasteiger charge is 2.29. The van der Waals surface area contributed by atoms with Gasteiger partial charge in [-0.05, 0) is 30.7 Å². The van der Waals surface area contributed by atoms with Crippen LogP contribution in [0.3, 0.4) is 0 Å². The second kappa shape index (κ2) is 9.17. The average molecular weight is 332 g/mol. The Morgan fingerprint density at radius 2 is 1.43 bits per heavy atom. The van der Waals surface area contributed by atoms with E-state index in [2.05, 4.69) is 11.7 Å². The molecule has 0 saturated carbocycles. The van der Waals surface area contributed by atoms with Gasteiger partial charge in [-0.15, -0.1) is 0 Å². The van der Waals surface area contributed by atoms with Crippen molar-refractivity contribution in [3.63, 3.8) is 0 Å². The molecule has 0 fully saturated rings. The lowest BCUT2D eigenvalue weighted by Gasteiger charge is -2.08. The highest BCUT2D eigenvalue weighted by atomic mass is 19.4. The lowest BCUT2D eigenvalue weighted by molar-refractivity contribution is -0.161. The normalized spacial score (nSPS) is 11.1. The number of alkyl halides is 3. The van der Waals surface area contributed by atoms with Gasteiger partial charge >= 0.3 is 18.1 Å². The maximum Gasteiger partial charge on any atom is 0.422 e. The average Bonchev–Trinajstić information content (AvgIpc) is 2.51. The standard InChI is InChI=1S/C16H19F3O4/c1-2-3-4-5-10-22-14(20)12-6-8-13(9-7-12)15(21)23-11-16(17,18)19/h6-9H,2-5,10-11H2,1H3. The lowest BCUT2D eigenvalue weighted by atomic mass is 10.1. The van der Waals surface area contributed by atoms with Gasteiger partial charge in [-0.25, -0.2) is 9.59 Å². The van der Waals surface area contributed by atoms with Gasteiger partial charge in [0, 0.05) is 0 Å². The minimum atomic E-state index is -4.57. The van der Waals surface area contributed by atoms with E-state index in [0.717, 1.165) is 25.7 Å². The van der Waals surface area contributed by atoms with E-state index in [1.54, 1.807) is 0 Å². The van der Waals surface area contributed by atoms with Gasteiger partial charge in [0.2, 0.25) is 0 Å². The topological polar surface area (TPSA) is 52.6 Å². The molecule has 0 atom stereocenters. The molecule has 0 aliphatic carbocycles. The SMILES string of the molecule is CCCCCCOC(=O)c1ccc(C(=O)OCC(F)(F)F)cc1. The van der Waals surface area contributed by atoms with E-state index in [0.29, 0.717) is 6.61 Å². The van der Waals surface area contributed by atoms with Crippen molar-refractivity contribution < 1.29 is 32.2 Å². The van der Waals surface area contributed by atoms with Gasteiger partial charge in [-0.2, -0.15) is 13.2 Å². The smallest absolute Gasteiger partial charge is 0.422 e. The Labute approximate surface area is 132 Å². The number of carbonyl (C=O) groups is 2. The summed E-state index contributed by atoms with van der Waals surface area (Å²) in [5.41, 5.74) is 0.168. The largest absolute Gasteiger partial charge is 0.462 e. The van der Waals surface area contributed by atoms with Crippen LogP contribution in [0.25, 0.3) is 0 Å². The molecular formula is C16H19F3O4. The minimum Gasteiger partial charge on any atom is -0.462 e. The Hall–Kier alpha value is -2.05. The van der Waals surface area contributed by atoms with E-state index in [-0.39, 0.29) is 11.1 Å². The predicted molar refractivity (Wildman–Crippen MR) is 77.2 cm³/mol. The second-order valence-corrected chi connectivity index (χ2v) is 4.97. The van der Waals surface area contributed by atoms with Crippen LogP contribution in [0.1, 0.15) is 53.3 Å². The molecule has 1 rings (SSSR count). The number of hydrogen-bond acceptors (Lipinski definition) is 4. The predicted octanol–water partition coefficient (Wildman–Crippen LogP) is 4.14. The van der Waals surface area contributed by atoms with Crippen molar-refractivity contribution in [2.24, 2.45) is 0 Å². The van der Waals surface area contributed by atoms with E-state index in [4.69, 9.17) is 4.74 Å². The molecule has 0 heterocycles. The van der Waals surface area contributed by atoms with E-state index in [9.17, 15) is 22.8 Å².